The van der Waals surface area contributed by atoms with E-state index in [1.807, 2.05) is 144 Å². The van der Waals surface area contributed by atoms with Crippen molar-refractivity contribution in [3.05, 3.63) is 217 Å². The number of hydrogen-bond acceptors (Lipinski definition) is 3. The molecule has 10 aromatic rings. The molecule has 334 valence electrons. The predicted octanol–water partition coefficient (Wildman–Crippen LogP) is 17.0. The summed E-state index contributed by atoms with van der Waals surface area (Å²) in [7, 11) is 0. The van der Waals surface area contributed by atoms with Gasteiger partial charge in [-0.1, -0.05) is 169 Å². The van der Waals surface area contributed by atoms with Gasteiger partial charge in [-0.2, -0.15) is 0 Å². The van der Waals surface area contributed by atoms with Crippen LogP contribution in [0.15, 0.2) is 194 Å². The molecule has 2 aromatic heterocycles. The van der Waals surface area contributed by atoms with E-state index in [9.17, 15) is 5.11 Å². The average molecular weight is 890 g/mol. The van der Waals surface area contributed by atoms with Crippen LogP contribution >= 0.6 is 0 Å². The highest BCUT2D eigenvalue weighted by Crippen LogP contribution is 2.45. The summed E-state index contributed by atoms with van der Waals surface area (Å²) in [5.41, 5.74) is 13.6. The van der Waals surface area contributed by atoms with Crippen molar-refractivity contribution in [1.82, 2.24) is 14.5 Å². The molecule has 0 aliphatic carbocycles. The Morgan fingerprint density at radius 2 is 1.07 bits per heavy atom. The maximum atomic E-state index is 12.5. The standard InChI is InChI=1S/C64H57N3O/c1-41-27-28-47(37-54(41)45-23-16-11-17-24-45)48-31-32-65-57(38-48)51-35-49(44-21-14-10-15-22-44)34-50(36-51)53-25-18-26-59-60(53)66-62(55-39-52(63(3,4)5)40-56(61(55)68)64(6,7)8)67(59)58-30-29-46(33-42(58)2)43-19-12-9-13-20-43/h9-40,68H,1-8H3/i1D3,2D3. The molecule has 1 N–H and O–H groups in total. The highest BCUT2D eigenvalue weighted by molar-refractivity contribution is 5.98. The van der Waals surface area contributed by atoms with E-state index in [0.29, 0.717) is 39.4 Å². The van der Waals surface area contributed by atoms with Gasteiger partial charge >= 0.3 is 0 Å². The number of imidazole rings is 1. The van der Waals surface area contributed by atoms with E-state index in [0.717, 1.165) is 66.8 Å². The number of fused-ring (bicyclic) bond motifs is 1. The topological polar surface area (TPSA) is 50.9 Å². The summed E-state index contributed by atoms with van der Waals surface area (Å²) >= 11 is 0. The summed E-state index contributed by atoms with van der Waals surface area (Å²) in [5, 5.41) is 12.5. The second-order valence-corrected chi connectivity index (χ2v) is 19.7. The number of benzene rings is 8. The largest absolute Gasteiger partial charge is 0.507 e. The highest BCUT2D eigenvalue weighted by atomic mass is 16.3. The molecule has 0 saturated carbocycles. The van der Waals surface area contributed by atoms with Crippen molar-refractivity contribution >= 4 is 11.0 Å². The molecule has 0 radical (unpaired) electrons. The summed E-state index contributed by atoms with van der Waals surface area (Å²) < 4.78 is 53.9. The van der Waals surface area contributed by atoms with Crippen LogP contribution in [-0.4, -0.2) is 19.6 Å². The third kappa shape index (κ3) is 8.43. The van der Waals surface area contributed by atoms with Gasteiger partial charge in [-0.25, -0.2) is 4.98 Å². The van der Waals surface area contributed by atoms with Gasteiger partial charge in [-0.05, 0) is 152 Å². The van der Waals surface area contributed by atoms with Gasteiger partial charge in [-0.3, -0.25) is 9.55 Å². The molecule has 2 heterocycles. The molecule has 0 atom stereocenters. The smallest absolute Gasteiger partial charge is 0.149 e. The molecule has 4 heteroatoms. The maximum Gasteiger partial charge on any atom is 0.149 e. The minimum atomic E-state index is -2.53. The molecule has 0 aliphatic rings. The van der Waals surface area contributed by atoms with Gasteiger partial charge in [0, 0.05) is 31.1 Å². The highest BCUT2D eigenvalue weighted by Gasteiger charge is 2.29. The summed E-state index contributed by atoms with van der Waals surface area (Å²) in [6.07, 6.45) is 1.78. The summed E-state index contributed by atoms with van der Waals surface area (Å²) in [5.74, 6) is 0.496. The first-order valence-corrected chi connectivity index (χ1v) is 23.1. The lowest BCUT2D eigenvalue weighted by molar-refractivity contribution is 0.446. The van der Waals surface area contributed by atoms with E-state index in [1.165, 1.54) is 0 Å². The van der Waals surface area contributed by atoms with Crippen LogP contribution in [0.4, 0.5) is 0 Å². The Labute approximate surface area is 409 Å². The van der Waals surface area contributed by atoms with Gasteiger partial charge in [0.05, 0.1) is 28.0 Å². The molecule has 0 unspecified atom stereocenters. The van der Waals surface area contributed by atoms with Crippen LogP contribution in [-0.2, 0) is 10.8 Å². The molecule has 10 rings (SSSR count). The van der Waals surface area contributed by atoms with E-state index in [1.54, 1.807) is 18.3 Å². The number of rotatable bonds is 8. The van der Waals surface area contributed by atoms with Crippen LogP contribution in [0.5, 0.6) is 5.75 Å². The van der Waals surface area contributed by atoms with Crippen LogP contribution < -0.4 is 0 Å². The van der Waals surface area contributed by atoms with Gasteiger partial charge in [0.2, 0.25) is 0 Å². The molecule has 0 saturated heterocycles. The molecule has 0 amide bonds. The van der Waals surface area contributed by atoms with Crippen molar-refractivity contribution in [3.8, 4) is 89.7 Å². The van der Waals surface area contributed by atoms with Crippen molar-refractivity contribution in [2.45, 2.75) is 66.1 Å². The lowest BCUT2D eigenvalue weighted by Gasteiger charge is -2.27. The van der Waals surface area contributed by atoms with Crippen LogP contribution in [0.3, 0.4) is 0 Å². The number of para-hydroxylation sites is 1. The van der Waals surface area contributed by atoms with Crippen LogP contribution in [0.25, 0.3) is 95.0 Å². The molecule has 0 bridgehead atoms. The number of aromatic hydroxyl groups is 1. The Hall–Kier alpha value is -7.82. The predicted molar refractivity (Wildman–Crippen MR) is 285 cm³/mol. The zero-order valence-corrected chi connectivity index (χ0v) is 39.3. The first kappa shape index (κ1) is 37.3. The Bertz CT molecular complexity index is 3720. The molecule has 8 aromatic carbocycles. The Morgan fingerprint density at radius 1 is 0.456 bits per heavy atom. The van der Waals surface area contributed by atoms with Crippen molar-refractivity contribution in [3.63, 3.8) is 0 Å². The van der Waals surface area contributed by atoms with Crippen molar-refractivity contribution in [1.29, 1.82) is 0 Å². The molecular formula is C64H57N3O. The molecule has 68 heavy (non-hydrogen) atoms. The minimum absolute atomic E-state index is 0.0863. The number of nitrogens with zero attached hydrogens (tertiary/aromatic N) is 3. The molecule has 0 aliphatic heterocycles. The SMILES string of the molecule is [2H]C([2H])([2H])c1ccc(-c2ccnc(-c3cc(-c4ccccc4)cc(-c4cccc5c4nc(-c4cc(C(C)(C)C)cc(C(C)(C)C)c4O)n5-c4ccc(-c5ccccc5)cc4C([2H])([2H])[2H])c3)c2)cc1-c1ccccc1. The number of phenolic OH excluding ortho intramolecular Hbond substituents is 1. The number of hydrogen-bond donors (Lipinski definition) is 1. The quantitative estimate of drug-likeness (QED) is 0.165. The van der Waals surface area contributed by atoms with Crippen molar-refractivity contribution in [2.24, 2.45) is 0 Å². The minimum Gasteiger partial charge on any atom is -0.507 e. The summed E-state index contributed by atoms with van der Waals surface area (Å²) in [6, 6.07) is 61.0. The van der Waals surface area contributed by atoms with E-state index in [4.69, 9.17) is 18.2 Å². The fourth-order valence-electron chi connectivity index (χ4n) is 9.18. The number of aromatic nitrogens is 3. The lowest BCUT2D eigenvalue weighted by Crippen LogP contribution is -2.17. The normalized spacial score (nSPS) is 13.6. The van der Waals surface area contributed by atoms with E-state index in [2.05, 4.69) is 77.9 Å². The van der Waals surface area contributed by atoms with Gasteiger partial charge in [0.15, 0.2) is 0 Å². The zero-order chi connectivity index (χ0) is 52.3. The van der Waals surface area contributed by atoms with Gasteiger partial charge in [0.25, 0.3) is 0 Å². The maximum absolute atomic E-state index is 12.5. The van der Waals surface area contributed by atoms with Crippen LogP contribution in [0, 0.1) is 13.7 Å². The third-order valence-corrected chi connectivity index (χ3v) is 12.9. The Balaban J connectivity index is 1.22. The van der Waals surface area contributed by atoms with Gasteiger partial charge in [0.1, 0.15) is 11.6 Å². The van der Waals surface area contributed by atoms with Crippen molar-refractivity contribution in [2.75, 3.05) is 0 Å². The molecule has 0 spiro atoms. The summed E-state index contributed by atoms with van der Waals surface area (Å²) in [4.78, 5) is 10.5. The van der Waals surface area contributed by atoms with Crippen LogP contribution in [0.2, 0.25) is 0 Å². The number of aryl methyl sites for hydroxylation is 2. The Morgan fingerprint density at radius 3 is 1.75 bits per heavy atom. The van der Waals surface area contributed by atoms with Gasteiger partial charge in [-0.15, -0.1) is 0 Å². The van der Waals surface area contributed by atoms with E-state index in [-0.39, 0.29) is 22.3 Å². The van der Waals surface area contributed by atoms with Crippen LogP contribution in [0.1, 0.15) is 72.0 Å². The third-order valence-electron chi connectivity index (χ3n) is 12.9. The fourth-order valence-corrected chi connectivity index (χ4v) is 9.18. The van der Waals surface area contributed by atoms with E-state index < -0.39 is 19.1 Å². The van der Waals surface area contributed by atoms with Crippen molar-refractivity contribution < 1.29 is 13.3 Å². The Kier molecular flexibility index (Phi) is 9.56. The zero-order valence-electron chi connectivity index (χ0n) is 45.3. The first-order valence-electron chi connectivity index (χ1n) is 26.1. The fraction of sp³-hybridized carbons (Fsp3) is 0.156. The average Bonchev–Trinajstić information content (AvgIpc) is 3.78. The lowest BCUT2D eigenvalue weighted by atomic mass is 9.79. The molecule has 0 fully saturated rings. The monoisotopic (exact) mass is 889 g/mol. The molecule has 4 nitrogen and oxygen atoms in total. The first-order chi connectivity index (χ1) is 35.1. The second-order valence-electron chi connectivity index (χ2n) is 19.7. The van der Waals surface area contributed by atoms with E-state index >= 15 is 0 Å². The summed E-state index contributed by atoms with van der Waals surface area (Å²) in [6.45, 7) is 7.83. The number of pyridine rings is 1. The molecular weight excluding hydrogens is 827 g/mol. The second kappa shape index (κ2) is 17.4. The number of phenols is 1. The van der Waals surface area contributed by atoms with Gasteiger partial charge < -0.3 is 5.11 Å².